The molecule has 1 aromatic rings. The summed E-state index contributed by atoms with van der Waals surface area (Å²) >= 11 is 0. The highest BCUT2D eigenvalue weighted by Crippen LogP contribution is 2.28. The molecule has 1 rings (SSSR count). The molecule has 0 unspecified atom stereocenters. The first-order valence-electron chi connectivity index (χ1n) is 5.46. The van der Waals surface area contributed by atoms with E-state index in [0.29, 0.717) is 18.0 Å². The quantitative estimate of drug-likeness (QED) is 0.775. The summed E-state index contributed by atoms with van der Waals surface area (Å²) in [4.78, 5) is 4.25. The van der Waals surface area contributed by atoms with E-state index < -0.39 is 0 Å². The average Bonchev–Trinajstić information content (AvgIpc) is 2.35. The molecule has 0 fully saturated rings. The van der Waals surface area contributed by atoms with E-state index in [2.05, 4.69) is 10.3 Å². The summed E-state index contributed by atoms with van der Waals surface area (Å²) in [5, 5.41) is 12.4. The van der Waals surface area contributed by atoms with E-state index >= 15 is 0 Å². The summed E-state index contributed by atoms with van der Waals surface area (Å²) in [6, 6.07) is 1.75. The fourth-order valence-corrected chi connectivity index (χ4v) is 1.36. The number of nitrogens with zero attached hydrogens (tertiary/aromatic N) is 1. The van der Waals surface area contributed by atoms with Crippen molar-refractivity contribution < 1.29 is 14.6 Å². The maximum Gasteiger partial charge on any atom is 0.183 e. The van der Waals surface area contributed by atoms with Gasteiger partial charge in [-0.15, -0.1) is 0 Å². The van der Waals surface area contributed by atoms with Gasteiger partial charge in [0, 0.05) is 24.3 Å². The highest BCUT2D eigenvalue weighted by molar-refractivity contribution is 5.42. The van der Waals surface area contributed by atoms with Crippen LogP contribution in [0, 0.1) is 0 Å². The second-order valence-corrected chi connectivity index (χ2v) is 4.39. The third kappa shape index (κ3) is 3.57. The van der Waals surface area contributed by atoms with Gasteiger partial charge < -0.3 is 19.9 Å². The second kappa shape index (κ2) is 5.84. The first-order valence-corrected chi connectivity index (χ1v) is 5.46. The molecule has 0 radical (unpaired) electrons. The Hall–Kier alpha value is -1.33. The van der Waals surface area contributed by atoms with Crippen LogP contribution in [0.2, 0.25) is 0 Å². The van der Waals surface area contributed by atoms with E-state index in [4.69, 9.17) is 14.6 Å². The van der Waals surface area contributed by atoms with Crippen LogP contribution in [-0.4, -0.2) is 36.5 Å². The van der Waals surface area contributed by atoms with Gasteiger partial charge in [0.2, 0.25) is 0 Å². The van der Waals surface area contributed by atoms with E-state index in [1.807, 2.05) is 13.8 Å². The van der Waals surface area contributed by atoms with Crippen LogP contribution in [0.25, 0.3) is 0 Å². The number of hydrogen-bond acceptors (Lipinski definition) is 5. The highest BCUT2D eigenvalue weighted by atomic mass is 16.5. The monoisotopic (exact) mass is 240 g/mol. The molecule has 0 aliphatic heterocycles. The van der Waals surface area contributed by atoms with Crippen molar-refractivity contribution >= 4 is 0 Å². The molecule has 5 heteroatoms. The Morgan fingerprint density at radius 3 is 2.59 bits per heavy atom. The number of aliphatic hydroxyl groups is 1. The Labute approximate surface area is 102 Å². The molecule has 0 saturated carbocycles. The molecule has 1 aromatic heterocycles. The topological polar surface area (TPSA) is 63.6 Å². The van der Waals surface area contributed by atoms with Crippen molar-refractivity contribution in [3.8, 4) is 11.5 Å². The van der Waals surface area contributed by atoms with Crippen molar-refractivity contribution in [3.63, 3.8) is 0 Å². The molecule has 0 aromatic carbocycles. The van der Waals surface area contributed by atoms with E-state index in [1.165, 1.54) is 0 Å². The van der Waals surface area contributed by atoms with Gasteiger partial charge >= 0.3 is 0 Å². The van der Waals surface area contributed by atoms with E-state index in [-0.39, 0.29) is 12.1 Å². The van der Waals surface area contributed by atoms with Crippen molar-refractivity contribution in [1.82, 2.24) is 10.3 Å². The van der Waals surface area contributed by atoms with Crippen LogP contribution in [0.1, 0.15) is 19.5 Å². The molecule has 1 heterocycles. The van der Waals surface area contributed by atoms with E-state index in [1.54, 1.807) is 26.5 Å². The fourth-order valence-electron chi connectivity index (χ4n) is 1.36. The van der Waals surface area contributed by atoms with Crippen molar-refractivity contribution in [2.24, 2.45) is 0 Å². The normalized spacial score (nSPS) is 11.4. The van der Waals surface area contributed by atoms with Gasteiger partial charge in [0.15, 0.2) is 11.5 Å². The van der Waals surface area contributed by atoms with Crippen LogP contribution in [0.15, 0.2) is 12.3 Å². The Bertz CT molecular complexity index is 367. The summed E-state index contributed by atoms with van der Waals surface area (Å²) < 4.78 is 10.5. The summed E-state index contributed by atoms with van der Waals surface area (Å²) in [6.07, 6.45) is 1.67. The summed E-state index contributed by atoms with van der Waals surface area (Å²) in [7, 11) is 3.17. The number of nitrogens with one attached hydrogen (secondary N) is 1. The minimum Gasteiger partial charge on any atom is -0.493 e. The molecule has 0 aliphatic carbocycles. The molecule has 0 amide bonds. The third-order valence-electron chi connectivity index (χ3n) is 2.50. The smallest absolute Gasteiger partial charge is 0.183 e. The molecule has 0 aliphatic rings. The Morgan fingerprint density at radius 1 is 1.35 bits per heavy atom. The van der Waals surface area contributed by atoms with E-state index in [9.17, 15) is 0 Å². The zero-order chi connectivity index (χ0) is 12.9. The lowest BCUT2D eigenvalue weighted by Crippen LogP contribution is -2.42. The van der Waals surface area contributed by atoms with Gasteiger partial charge in [-0.3, -0.25) is 4.98 Å². The molecule has 5 nitrogen and oxygen atoms in total. The van der Waals surface area contributed by atoms with Crippen LogP contribution in [0.3, 0.4) is 0 Å². The molecule has 0 bridgehead atoms. The number of ether oxygens (including phenoxy) is 2. The Morgan fingerprint density at radius 2 is 2.06 bits per heavy atom. The zero-order valence-corrected chi connectivity index (χ0v) is 10.8. The molecular formula is C12H20N2O3. The molecular weight excluding hydrogens is 220 g/mol. The van der Waals surface area contributed by atoms with Gasteiger partial charge in [-0.2, -0.15) is 0 Å². The second-order valence-electron chi connectivity index (χ2n) is 4.39. The van der Waals surface area contributed by atoms with Crippen LogP contribution < -0.4 is 14.8 Å². The lowest BCUT2D eigenvalue weighted by molar-refractivity contribution is 0.186. The Kier molecular flexibility index (Phi) is 4.72. The standard InChI is InChI=1S/C12H20N2O3/c1-12(2,8-15)14-7-9-11(17-4)10(16-3)5-6-13-9/h5-6,14-15H,7-8H2,1-4H3. The molecule has 2 N–H and O–H groups in total. The third-order valence-corrected chi connectivity index (χ3v) is 2.50. The van der Waals surface area contributed by atoms with Crippen molar-refractivity contribution in [3.05, 3.63) is 18.0 Å². The fraction of sp³-hybridized carbons (Fsp3) is 0.583. The van der Waals surface area contributed by atoms with Gasteiger partial charge in [0.05, 0.1) is 26.5 Å². The first kappa shape index (κ1) is 13.7. The van der Waals surface area contributed by atoms with Crippen LogP contribution in [0.4, 0.5) is 0 Å². The minimum absolute atomic E-state index is 0.0548. The van der Waals surface area contributed by atoms with Gasteiger partial charge in [-0.1, -0.05) is 0 Å². The average molecular weight is 240 g/mol. The van der Waals surface area contributed by atoms with Crippen molar-refractivity contribution in [2.75, 3.05) is 20.8 Å². The number of hydrogen-bond donors (Lipinski definition) is 2. The number of methoxy groups -OCH3 is 2. The lowest BCUT2D eigenvalue weighted by Gasteiger charge is -2.24. The lowest BCUT2D eigenvalue weighted by atomic mass is 10.1. The molecule has 96 valence electrons. The highest BCUT2D eigenvalue weighted by Gasteiger charge is 2.18. The number of pyridine rings is 1. The van der Waals surface area contributed by atoms with Crippen LogP contribution >= 0.6 is 0 Å². The van der Waals surface area contributed by atoms with Gasteiger partial charge in [0.1, 0.15) is 0 Å². The van der Waals surface area contributed by atoms with E-state index in [0.717, 1.165) is 5.69 Å². The zero-order valence-electron chi connectivity index (χ0n) is 10.8. The van der Waals surface area contributed by atoms with Gasteiger partial charge in [-0.25, -0.2) is 0 Å². The predicted octanol–water partition coefficient (Wildman–Crippen LogP) is 0.959. The van der Waals surface area contributed by atoms with Crippen LogP contribution in [-0.2, 0) is 6.54 Å². The number of aliphatic hydroxyl groups excluding tert-OH is 1. The molecule has 0 spiro atoms. The first-order chi connectivity index (χ1) is 8.04. The Balaban J connectivity index is 2.84. The SMILES string of the molecule is COc1ccnc(CNC(C)(C)CO)c1OC. The molecule has 0 atom stereocenters. The predicted molar refractivity (Wildman–Crippen MR) is 65.3 cm³/mol. The van der Waals surface area contributed by atoms with Gasteiger partial charge in [0.25, 0.3) is 0 Å². The van der Waals surface area contributed by atoms with Crippen molar-refractivity contribution in [1.29, 1.82) is 0 Å². The summed E-state index contributed by atoms with van der Waals surface area (Å²) in [6.45, 7) is 4.40. The van der Waals surface area contributed by atoms with Gasteiger partial charge in [-0.05, 0) is 13.8 Å². The minimum atomic E-state index is -0.351. The van der Waals surface area contributed by atoms with Crippen molar-refractivity contribution in [2.45, 2.75) is 25.9 Å². The maximum absolute atomic E-state index is 9.16. The summed E-state index contributed by atoms with van der Waals surface area (Å²) in [5.41, 5.74) is 0.406. The number of aromatic nitrogens is 1. The number of rotatable bonds is 6. The molecule has 17 heavy (non-hydrogen) atoms. The largest absolute Gasteiger partial charge is 0.493 e. The molecule has 0 saturated heterocycles. The maximum atomic E-state index is 9.16. The van der Waals surface area contributed by atoms with Crippen LogP contribution in [0.5, 0.6) is 11.5 Å². The summed E-state index contributed by atoms with van der Waals surface area (Å²) in [5.74, 6) is 1.28.